The summed E-state index contributed by atoms with van der Waals surface area (Å²) in [5, 5.41) is 0. The second kappa shape index (κ2) is 12.7. The molecule has 0 saturated heterocycles. The van der Waals surface area contributed by atoms with Gasteiger partial charge in [0.15, 0.2) is 0 Å². The Hall–Kier alpha value is -4.48. The van der Waals surface area contributed by atoms with Crippen LogP contribution >= 0.6 is 0 Å². The van der Waals surface area contributed by atoms with E-state index in [9.17, 15) is 0 Å². The Bertz CT molecular complexity index is 1470. The van der Waals surface area contributed by atoms with Crippen molar-refractivity contribution in [3.8, 4) is 33.4 Å². The first-order valence-corrected chi connectivity index (χ1v) is 12.6. The molecular weight excluding hydrogens is 464 g/mol. The summed E-state index contributed by atoms with van der Waals surface area (Å²) < 4.78 is 0. The molecule has 0 aromatic heterocycles. The highest BCUT2D eigenvalue weighted by Crippen LogP contribution is 2.37. The van der Waals surface area contributed by atoms with Crippen molar-refractivity contribution < 1.29 is 0 Å². The van der Waals surface area contributed by atoms with Gasteiger partial charge in [-0.05, 0) is 69.1 Å². The largest absolute Gasteiger partial charge is 0.398 e. The molecule has 8 N–H and O–H groups in total. The molecule has 5 rings (SSSR count). The molecule has 0 aliphatic rings. The number of nitrogen functional groups attached to an aromatic ring is 1. The SMILES string of the molecule is C/C=C\c1cc(-c2ccc(C(N)c3ccccc3)cc2)c(-c2ccc(-c3ccccc3)cc2)cc1N.NN. The fourth-order valence-electron chi connectivity index (χ4n) is 4.63. The zero-order valence-corrected chi connectivity index (χ0v) is 21.6. The highest BCUT2D eigenvalue weighted by molar-refractivity contribution is 5.89. The second-order valence-corrected chi connectivity index (χ2v) is 8.98. The van der Waals surface area contributed by atoms with E-state index in [0.29, 0.717) is 0 Å². The topological polar surface area (TPSA) is 104 Å². The van der Waals surface area contributed by atoms with E-state index in [1.54, 1.807) is 0 Å². The molecule has 5 aromatic rings. The van der Waals surface area contributed by atoms with Gasteiger partial charge in [-0.1, -0.05) is 121 Å². The Labute approximate surface area is 225 Å². The summed E-state index contributed by atoms with van der Waals surface area (Å²) in [5.41, 5.74) is 23.9. The summed E-state index contributed by atoms with van der Waals surface area (Å²) in [4.78, 5) is 0. The summed E-state index contributed by atoms with van der Waals surface area (Å²) in [6.45, 7) is 2.01. The lowest BCUT2D eigenvalue weighted by Gasteiger charge is -2.16. The van der Waals surface area contributed by atoms with Gasteiger partial charge in [-0.3, -0.25) is 11.7 Å². The summed E-state index contributed by atoms with van der Waals surface area (Å²) in [5.74, 6) is 8.00. The maximum Gasteiger partial charge on any atom is 0.0551 e. The molecule has 0 amide bonds. The lowest BCUT2D eigenvalue weighted by atomic mass is 9.89. The van der Waals surface area contributed by atoms with Crippen LogP contribution in [0.4, 0.5) is 5.69 Å². The molecule has 4 nitrogen and oxygen atoms in total. The van der Waals surface area contributed by atoms with Crippen LogP contribution in [0.5, 0.6) is 0 Å². The average molecular weight is 499 g/mol. The van der Waals surface area contributed by atoms with E-state index < -0.39 is 0 Å². The number of rotatable bonds is 6. The molecule has 0 radical (unpaired) electrons. The van der Waals surface area contributed by atoms with Gasteiger partial charge in [0.1, 0.15) is 0 Å². The third-order valence-electron chi connectivity index (χ3n) is 6.61. The molecule has 0 aliphatic carbocycles. The Morgan fingerprint density at radius 2 is 1.00 bits per heavy atom. The smallest absolute Gasteiger partial charge is 0.0551 e. The van der Waals surface area contributed by atoms with Gasteiger partial charge in [-0.25, -0.2) is 0 Å². The molecule has 0 fully saturated rings. The van der Waals surface area contributed by atoms with Crippen molar-refractivity contribution in [3.63, 3.8) is 0 Å². The quantitative estimate of drug-likeness (QED) is 0.113. The third kappa shape index (κ3) is 5.90. The molecule has 0 heterocycles. The Balaban J connectivity index is 0.00000164. The lowest BCUT2D eigenvalue weighted by molar-refractivity contribution is 0.872. The number of anilines is 1. The van der Waals surface area contributed by atoms with E-state index in [1.807, 2.05) is 37.3 Å². The summed E-state index contributed by atoms with van der Waals surface area (Å²) >= 11 is 0. The number of hydrogen-bond donors (Lipinski definition) is 4. The van der Waals surface area contributed by atoms with Gasteiger partial charge in [0, 0.05) is 5.69 Å². The minimum atomic E-state index is -0.157. The first-order chi connectivity index (χ1) is 18.6. The summed E-state index contributed by atoms with van der Waals surface area (Å²) in [6, 6.07) is 42.0. The highest BCUT2D eigenvalue weighted by Gasteiger charge is 2.13. The molecule has 0 spiro atoms. The van der Waals surface area contributed by atoms with Crippen LogP contribution in [0.1, 0.15) is 29.7 Å². The standard InChI is InChI=1S/C34H30N2.H4N2/c1-2-9-30-22-31(26-18-20-29(21-19-26)34(36)28-12-7-4-8-13-28)32(23-33(30)35)27-16-14-25(15-17-27)24-10-5-3-6-11-24;1-2/h2-23,34H,35-36H2,1H3;1-2H2/b9-2-;. The summed E-state index contributed by atoms with van der Waals surface area (Å²) in [7, 11) is 0. The first kappa shape index (κ1) is 26.6. The zero-order valence-electron chi connectivity index (χ0n) is 21.6. The van der Waals surface area contributed by atoms with Gasteiger partial charge in [0.05, 0.1) is 6.04 Å². The first-order valence-electron chi connectivity index (χ1n) is 12.6. The minimum absolute atomic E-state index is 0.157. The Kier molecular flexibility index (Phi) is 8.85. The Morgan fingerprint density at radius 3 is 1.58 bits per heavy atom. The number of benzene rings is 5. The normalized spacial score (nSPS) is 11.6. The molecule has 5 aromatic carbocycles. The van der Waals surface area contributed by atoms with Gasteiger partial charge >= 0.3 is 0 Å². The number of hydrazine groups is 1. The Morgan fingerprint density at radius 1 is 0.553 bits per heavy atom. The second-order valence-electron chi connectivity index (χ2n) is 8.98. The van der Waals surface area contributed by atoms with Crippen molar-refractivity contribution in [1.29, 1.82) is 0 Å². The van der Waals surface area contributed by atoms with Crippen molar-refractivity contribution in [1.82, 2.24) is 0 Å². The highest BCUT2D eigenvalue weighted by atomic mass is 15.0. The summed E-state index contributed by atoms with van der Waals surface area (Å²) in [6.07, 6.45) is 4.08. The number of hydrogen-bond acceptors (Lipinski definition) is 4. The predicted molar refractivity (Wildman–Crippen MR) is 163 cm³/mol. The van der Waals surface area contributed by atoms with Crippen molar-refractivity contribution in [3.05, 3.63) is 144 Å². The van der Waals surface area contributed by atoms with E-state index in [4.69, 9.17) is 11.5 Å². The van der Waals surface area contributed by atoms with Gasteiger partial charge in [0.25, 0.3) is 0 Å². The van der Waals surface area contributed by atoms with Crippen molar-refractivity contribution >= 4 is 11.8 Å². The fraction of sp³-hybridized carbons (Fsp3) is 0.0588. The molecule has 190 valence electrons. The van der Waals surface area contributed by atoms with Gasteiger partial charge in [-0.15, -0.1) is 0 Å². The van der Waals surface area contributed by atoms with Crippen molar-refractivity contribution in [2.75, 3.05) is 5.73 Å². The predicted octanol–water partition coefficient (Wildman–Crippen LogP) is 7.17. The van der Waals surface area contributed by atoms with Crippen LogP contribution in [0.2, 0.25) is 0 Å². The fourth-order valence-corrected chi connectivity index (χ4v) is 4.63. The average Bonchev–Trinajstić information content (AvgIpc) is 3.00. The van der Waals surface area contributed by atoms with Crippen LogP contribution < -0.4 is 23.2 Å². The monoisotopic (exact) mass is 498 g/mol. The third-order valence-corrected chi connectivity index (χ3v) is 6.61. The number of allylic oxidation sites excluding steroid dienone is 1. The van der Waals surface area contributed by atoms with E-state index >= 15 is 0 Å². The zero-order chi connectivity index (χ0) is 26.9. The molecular formula is C34H34N4. The molecule has 0 aliphatic heterocycles. The molecule has 4 heteroatoms. The van der Waals surface area contributed by atoms with E-state index in [2.05, 4.69) is 115 Å². The molecule has 38 heavy (non-hydrogen) atoms. The van der Waals surface area contributed by atoms with Crippen LogP contribution in [0.25, 0.3) is 39.5 Å². The van der Waals surface area contributed by atoms with Crippen LogP contribution in [0.15, 0.2) is 127 Å². The lowest BCUT2D eigenvalue weighted by Crippen LogP contribution is -2.11. The van der Waals surface area contributed by atoms with Gasteiger partial charge < -0.3 is 11.5 Å². The van der Waals surface area contributed by atoms with Crippen LogP contribution in [0, 0.1) is 0 Å². The van der Waals surface area contributed by atoms with Gasteiger partial charge in [-0.2, -0.15) is 0 Å². The minimum Gasteiger partial charge on any atom is -0.398 e. The molecule has 1 atom stereocenters. The molecule has 0 saturated carbocycles. The number of nitrogens with two attached hydrogens (primary N) is 4. The van der Waals surface area contributed by atoms with Gasteiger partial charge in [0.2, 0.25) is 0 Å². The van der Waals surface area contributed by atoms with E-state index in [-0.39, 0.29) is 6.04 Å². The molecule has 0 bridgehead atoms. The maximum atomic E-state index is 6.55. The van der Waals surface area contributed by atoms with E-state index in [0.717, 1.165) is 44.6 Å². The van der Waals surface area contributed by atoms with Crippen LogP contribution in [-0.4, -0.2) is 0 Å². The maximum absolute atomic E-state index is 6.55. The van der Waals surface area contributed by atoms with Crippen molar-refractivity contribution in [2.24, 2.45) is 17.4 Å². The van der Waals surface area contributed by atoms with Crippen molar-refractivity contribution in [2.45, 2.75) is 13.0 Å². The van der Waals surface area contributed by atoms with Crippen LogP contribution in [0.3, 0.4) is 0 Å². The van der Waals surface area contributed by atoms with Crippen LogP contribution in [-0.2, 0) is 0 Å². The molecule has 1 unspecified atom stereocenters. The van der Waals surface area contributed by atoms with E-state index in [1.165, 1.54) is 11.1 Å².